The zero-order chi connectivity index (χ0) is 20.8. The van der Waals surface area contributed by atoms with Crippen LogP contribution >= 0.6 is 0 Å². The number of rotatable bonds is 3. The lowest BCUT2D eigenvalue weighted by atomic mass is 9.98. The molecule has 2 aromatic heterocycles. The van der Waals surface area contributed by atoms with Crippen molar-refractivity contribution in [2.75, 3.05) is 13.1 Å². The van der Waals surface area contributed by atoms with Gasteiger partial charge in [0, 0.05) is 35.8 Å². The maximum absolute atomic E-state index is 13.4. The number of nitrogens with one attached hydrogen (secondary N) is 1. The van der Waals surface area contributed by atoms with Crippen molar-refractivity contribution in [3.63, 3.8) is 0 Å². The van der Waals surface area contributed by atoms with Gasteiger partial charge in [-0.05, 0) is 49.2 Å². The number of fused-ring (bicyclic) bond motifs is 2. The first-order chi connectivity index (χ1) is 14.5. The van der Waals surface area contributed by atoms with E-state index in [4.69, 9.17) is 4.42 Å². The van der Waals surface area contributed by atoms with Crippen molar-refractivity contribution in [3.8, 4) is 0 Å². The lowest BCUT2D eigenvalue weighted by molar-refractivity contribution is -0.133. The molecule has 0 bridgehead atoms. The summed E-state index contributed by atoms with van der Waals surface area (Å²) in [5.74, 6) is -0.933. The maximum atomic E-state index is 13.4. The van der Waals surface area contributed by atoms with Crippen LogP contribution in [0.25, 0.3) is 27.6 Å². The number of benzene rings is 2. The molecule has 3 heterocycles. The Balaban J connectivity index is 1.39. The number of H-pyrrole nitrogens is 1. The average Bonchev–Trinajstić information content (AvgIpc) is 3.32. The van der Waals surface area contributed by atoms with Crippen molar-refractivity contribution >= 4 is 33.5 Å². The van der Waals surface area contributed by atoms with Gasteiger partial charge in [0.25, 0.3) is 0 Å². The molecular weight excluding hydrogens is 385 g/mol. The molecule has 152 valence electrons. The van der Waals surface area contributed by atoms with Crippen molar-refractivity contribution in [1.29, 1.82) is 0 Å². The molecule has 0 aliphatic carbocycles. The van der Waals surface area contributed by atoms with Gasteiger partial charge in [0.1, 0.15) is 11.9 Å². The minimum Gasteiger partial charge on any atom is -0.408 e. The monoisotopic (exact) mass is 405 g/mol. The number of halogens is 1. The summed E-state index contributed by atoms with van der Waals surface area (Å²) in [7, 11) is 0. The summed E-state index contributed by atoms with van der Waals surface area (Å²) in [6, 6.07) is 11.1. The molecule has 2 aromatic carbocycles. The van der Waals surface area contributed by atoms with E-state index in [0.717, 1.165) is 22.0 Å². The van der Waals surface area contributed by atoms with Gasteiger partial charge in [0.2, 0.25) is 5.91 Å². The van der Waals surface area contributed by atoms with Crippen LogP contribution in [0.3, 0.4) is 0 Å². The molecule has 1 atom stereocenters. The number of hydrogen-bond acceptors (Lipinski definition) is 3. The van der Waals surface area contributed by atoms with Crippen LogP contribution < -0.4 is 5.76 Å². The van der Waals surface area contributed by atoms with Gasteiger partial charge in [0.05, 0.1) is 5.52 Å². The van der Waals surface area contributed by atoms with Crippen LogP contribution in [0.4, 0.5) is 4.39 Å². The minimum absolute atomic E-state index is 0.125. The molecule has 1 amide bonds. The second kappa shape index (κ2) is 7.02. The largest absolute Gasteiger partial charge is 0.420 e. The van der Waals surface area contributed by atoms with Gasteiger partial charge in [-0.15, -0.1) is 0 Å². The first-order valence-electron chi connectivity index (χ1n) is 9.88. The molecular formula is C23H20FN3O3. The Bertz CT molecular complexity index is 1360. The standard InChI is InChI=1S/C23H20FN3O3/c1-14(27-20-4-2-3-5-21(20)30-23(27)29)22(28)26-10-8-15(9-11-26)18-13-25-19-12-16(24)6-7-17(18)19/h2-8,12-14,25H,9-11H2,1H3. The molecule has 4 aromatic rings. The third-order valence-corrected chi connectivity index (χ3v) is 5.77. The summed E-state index contributed by atoms with van der Waals surface area (Å²) in [6.07, 6.45) is 4.59. The van der Waals surface area contributed by atoms with E-state index in [1.807, 2.05) is 18.3 Å². The molecule has 7 heteroatoms. The van der Waals surface area contributed by atoms with Crippen molar-refractivity contribution in [2.45, 2.75) is 19.4 Å². The van der Waals surface area contributed by atoms with Crippen LogP contribution in [-0.2, 0) is 4.79 Å². The fraction of sp³-hybridized carbons (Fsp3) is 0.217. The number of para-hydroxylation sites is 2. The predicted molar refractivity (Wildman–Crippen MR) is 113 cm³/mol. The third kappa shape index (κ3) is 2.94. The van der Waals surface area contributed by atoms with E-state index < -0.39 is 11.8 Å². The van der Waals surface area contributed by atoms with Gasteiger partial charge in [-0.3, -0.25) is 9.36 Å². The van der Waals surface area contributed by atoms with E-state index in [-0.39, 0.29) is 11.7 Å². The van der Waals surface area contributed by atoms with E-state index in [1.165, 1.54) is 16.7 Å². The number of amides is 1. The fourth-order valence-electron chi connectivity index (χ4n) is 4.20. The highest BCUT2D eigenvalue weighted by Crippen LogP contribution is 2.30. The topological polar surface area (TPSA) is 71.2 Å². The fourth-order valence-corrected chi connectivity index (χ4v) is 4.20. The van der Waals surface area contributed by atoms with E-state index >= 15 is 0 Å². The van der Waals surface area contributed by atoms with Crippen LogP contribution in [0.1, 0.15) is 24.9 Å². The molecule has 0 saturated heterocycles. The van der Waals surface area contributed by atoms with Crippen LogP contribution in [0, 0.1) is 5.82 Å². The molecule has 1 aliphatic heterocycles. The predicted octanol–water partition coefficient (Wildman–Crippen LogP) is 4.09. The summed E-state index contributed by atoms with van der Waals surface area (Å²) in [6.45, 7) is 2.73. The number of aromatic nitrogens is 2. The average molecular weight is 405 g/mol. The van der Waals surface area contributed by atoms with Crippen molar-refractivity contribution < 1.29 is 13.6 Å². The molecule has 1 N–H and O–H groups in total. The summed E-state index contributed by atoms with van der Waals surface area (Å²) in [5, 5.41) is 0.965. The molecule has 5 rings (SSSR count). The minimum atomic E-state index is -0.660. The Morgan fingerprint density at radius 2 is 2.07 bits per heavy atom. The first-order valence-corrected chi connectivity index (χ1v) is 9.88. The number of oxazole rings is 1. The smallest absolute Gasteiger partial charge is 0.408 e. The maximum Gasteiger partial charge on any atom is 0.420 e. The van der Waals surface area contributed by atoms with E-state index in [9.17, 15) is 14.0 Å². The van der Waals surface area contributed by atoms with E-state index in [2.05, 4.69) is 4.98 Å². The van der Waals surface area contributed by atoms with Crippen LogP contribution in [0.2, 0.25) is 0 Å². The Morgan fingerprint density at radius 3 is 2.87 bits per heavy atom. The van der Waals surface area contributed by atoms with Gasteiger partial charge in [0.15, 0.2) is 5.58 Å². The van der Waals surface area contributed by atoms with Gasteiger partial charge in [-0.1, -0.05) is 18.2 Å². The van der Waals surface area contributed by atoms with Crippen LogP contribution in [0.5, 0.6) is 0 Å². The number of aromatic amines is 1. The van der Waals surface area contributed by atoms with Crippen LogP contribution in [0.15, 0.2) is 63.9 Å². The quantitative estimate of drug-likeness (QED) is 0.558. The zero-order valence-electron chi connectivity index (χ0n) is 16.4. The molecule has 30 heavy (non-hydrogen) atoms. The Morgan fingerprint density at radius 1 is 1.23 bits per heavy atom. The van der Waals surface area contributed by atoms with Crippen LogP contribution in [-0.4, -0.2) is 33.4 Å². The molecule has 1 aliphatic rings. The molecule has 0 radical (unpaired) electrons. The summed E-state index contributed by atoms with van der Waals surface area (Å²) >= 11 is 0. The number of hydrogen-bond donors (Lipinski definition) is 1. The third-order valence-electron chi connectivity index (χ3n) is 5.77. The molecule has 6 nitrogen and oxygen atoms in total. The van der Waals surface area contributed by atoms with E-state index in [1.54, 1.807) is 36.1 Å². The summed E-state index contributed by atoms with van der Waals surface area (Å²) in [4.78, 5) is 30.2. The highest BCUT2D eigenvalue weighted by molar-refractivity contribution is 5.93. The molecule has 0 spiro atoms. The van der Waals surface area contributed by atoms with E-state index in [0.29, 0.717) is 30.6 Å². The normalized spacial score (nSPS) is 15.5. The summed E-state index contributed by atoms with van der Waals surface area (Å²) in [5.41, 5.74) is 3.99. The second-order valence-electron chi connectivity index (χ2n) is 7.54. The van der Waals surface area contributed by atoms with Gasteiger partial charge in [-0.2, -0.15) is 0 Å². The Hall–Kier alpha value is -3.61. The van der Waals surface area contributed by atoms with Crippen molar-refractivity contribution in [3.05, 3.63) is 76.7 Å². The number of nitrogens with zero attached hydrogens (tertiary/aromatic N) is 2. The number of carbonyl (C=O) groups excluding carboxylic acids is 1. The Kier molecular flexibility index (Phi) is 4.31. The van der Waals surface area contributed by atoms with Crippen molar-refractivity contribution in [1.82, 2.24) is 14.5 Å². The molecule has 1 unspecified atom stereocenters. The highest BCUT2D eigenvalue weighted by atomic mass is 19.1. The Labute approximate surface area is 171 Å². The summed E-state index contributed by atoms with van der Waals surface area (Å²) < 4.78 is 20.1. The first kappa shape index (κ1) is 18.4. The van der Waals surface area contributed by atoms with Gasteiger partial charge >= 0.3 is 5.76 Å². The van der Waals surface area contributed by atoms with Gasteiger partial charge < -0.3 is 14.3 Å². The molecule has 0 saturated carbocycles. The zero-order valence-corrected chi connectivity index (χ0v) is 16.4. The van der Waals surface area contributed by atoms with Gasteiger partial charge in [-0.25, -0.2) is 9.18 Å². The SMILES string of the molecule is CC(C(=O)N1CC=C(c2c[nH]c3cc(F)ccc23)CC1)n1c(=O)oc2ccccc21. The molecule has 0 fully saturated rings. The lowest BCUT2D eigenvalue weighted by Gasteiger charge is -2.29. The number of carbonyl (C=O) groups is 1. The second-order valence-corrected chi connectivity index (χ2v) is 7.54. The lowest BCUT2D eigenvalue weighted by Crippen LogP contribution is -2.40. The van der Waals surface area contributed by atoms with Crippen molar-refractivity contribution in [2.24, 2.45) is 0 Å². The highest BCUT2D eigenvalue weighted by Gasteiger charge is 2.27.